The minimum atomic E-state index is -0.230. The molecule has 0 heterocycles. The Morgan fingerprint density at radius 1 is 1.53 bits per heavy atom. The van der Waals surface area contributed by atoms with Crippen LogP contribution in [0.25, 0.3) is 0 Å². The third-order valence-corrected chi connectivity index (χ3v) is 4.65. The summed E-state index contributed by atoms with van der Waals surface area (Å²) < 4.78 is 0. The summed E-state index contributed by atoms with van der Waals surface area (Å²) in [7, 11) is 0. The summed E-state index contributed by atoms with van der Waals surface area (Å²) in [5.41, 5.74) is 1.23. The first-order chi connectivity index (χ1) is 7.93. The second-order valence-electron chi connectivity index (χ2n) is 4.41. The van der Waals surface area contributed by atoms with Crippen LogP contribution in [0.15, 0.2) is 18.2 Å². The van der Waals surface area contributed by atoms with Crippen LogP contribution in [0.4, 0.5) is 0 Å². The van der Waals surface area contributed by atoms with Gasteiger partial charge in [0.1, 0.15) is 0 Å². The van der Waals surface area contributed by atoms with Gasteiger partial charge < -0.3 is 5.32 Å². The molecule has 0 aliphatic rings. The van der Waals surface area contributed by atoms with E-state index >= 15 is 0 Å². The highest BCUT2D eigenvalue weighted by atomic mass is 79.9. The van der Waals surface area contributed by atoms with E-state index in [2.05, 4.69) is 21.2 Å². The minimum Gasteiger partial charge on any atom is -0.346 e. The summed E-state index contributed by atoms with van der Waals surface area (Å²) in [4.78, 5) is 12.2. The fourth-order valence-electron chi connectivity index (χ4n) is 1.41. The second-order valence-corrected chi connectivity index (χ2v) is 5.38. The molecular weight excluding hydrogens is 302 g/mol. The number of carbonyl (C=O) groups is 1. The van der Waals surface area contributed by atoms with Crippen molar-refractivity contribution >= 4 is 33.4 Å². The van der Waals surface area contributed by atoms with Gasteiger partial charge in [-0.25, -0.2) is 0 Å². The Labute approximate surface area is 116 Å². The van der Waals surface area contributed by atoms with Gasteiger partial charge in [-0.2, -0.15) is 0 Å². The van der Waals surface area contributed by atoms with E-state index < -0.39 is 0 Å². The van der Waals surface area contributed by atoms with E-state index in [-0.39, 0.29) is 11.4 Å². The van der Waals surface area contributed by atoms with Gasteiger partial charge in [0, 0.05) is 21.5 Å². The lowest BCUT2D eigenvalue weighted by Gasteiger charge is -2.27. The van der Waals surface area contributed by atoms with E-state index in [9.17, 15) is 4.79 Å². The SMILES string of the molecule is CCC(C)(CBr)NC(=O)c1cccc(Cl)c1C. The first kappa shape index (κ1) is 14.5. The Balaban J connectivity index is 2.94. The Bertz CT molecular complexity index is 416. The van der Waals surface area contributed by atoms with E-state index in [1.165, 1.54) is 0 Å². The number of nitrogens with one attached hydrogen (secondary N) is 1. The summed E-state index contributed by atoms with van der Waals surface area (Å²) in [6.07, 6.45) is 0.865. The summed E-state index contributed by atoms with van der Waals surface area (Å²) in [5, 5.41) is 4.38. The van der Waals surface area contributed by atoms with Crippen LogP contribution in [-0.2, 0) is 0 Å². The van der Waals surface area contributed by atoms with E-state index in [1.807, 2.05) is 20.8 Å². The van der Waals surface area contributed by atoms with Crippen molar-refractivity contribution in [2.75, 3.05) is 5.33 Å². The van der Waals surface area contributed by atoms with Crippen LogP contribution >= 0.6 is 27.5 Å². The predicted molar refractivity (Wildman–Crippen MR) is 76.1 cm³/mol. The van der Waals surface area contributed by atoms with Gasteiger partial charge in [-0.15, -0.1) is 0 Å². The Morgan fingerprint density at radius 3 is 2.71 bits per heavy atom. The van der Waals surface area contributed by atoms with Crippen LogP contribution in [0.5, 0.6) is 0 Å². The average Bonchev–Trinajstić information content (AvgIpc) is 2.32. The zero-order valence-corrected chi connectivity index (χ0v) is 12.7. The van der Waals surface area contributed by atoms with Crippen LogP contribution in [0.1, 0.15) is 36.2 Å². The molecular formula is C13H17BrClNO. The van der Waals surface area contributed by atoms with Crippen molar-refractivity contribution in [2.45, 2.75) is 32.7 Å². The van der Waals surface area contributed by atoms with Crippen molar-refractivity contribution in [3.63, 3.8) is 0 Å². The highest BCUT2D eigenvalue weighted by Gasteiger charge is 2.24. The van der Waals surface area contributed by atoms with Crippen LogP contribution in [-0.4, -0.2) is 16.8 Å². The number of hydrogen-bond donors (Lipinski definition) is 1. The van der Waals surface area contributed by atoms with Crippen LogP contribution < -0.4 is 5.32 Å². The van der Waals surface area contributed by atoms with Gasteiger partial charge in [0.05, 0.1) is 0 Å². The molecule has 0 aliphatic carbocycles. The number of carbonyl (C=O) groups excluding carboxylic acids is 1. The number of benzene rings is 1. The molecule has 94 valence electrons. The van der Waals surface area contributed by atoms with E-state index in [1.54, 1.807) is 18.2 Å². The van der Waals surface area contributed by atoms with E-state index in [0.29, 0.717) is 10.6 Å². The maximum atomic E-state index is 12.2. The topological polar surface area (TPSA) is 29.1 Å². The normalized spacial score (nSPS) is 14.2. The maximum Gasteiger partial charge on any atom is 0.252 e. The Kier molecular flexibility index (Phi) is 5.02. The fourth-order valence-corrected chi connectivity index (χ4v) is 2.12. The lowest BCUT2D eigenvalue weighted by molar-refractivity contribution is 0.0913. The summed E-state index contributed by atoms with van der Waals surface area (Å²) >= 11 is 9.43. The molecule has 0 fully saturated rings. The van der Waals surface area contributed by atoms with E-state index in [0.717, 1.165) is 17.3 Å². The number of halogens is 2. The van der Waals surface area contributed by atoms with Gasteiger partial charge in [-0.05, 0) is 38.0 Å². The van der Waals surface area contributed by atoms with Gasteiger partial charge in [0.2, 0.25) is 0 Å². The molecule has 0 bridgehead atoms. The molecule has 0 saturated carbocycles. The first-order valence-corrected chi connectivity index (χ1v) is 7.07. The molecule has 1 aromatic rings. The molecule has 0 saturated heterocycles. The minimum absolute atomic E-state index is 0.0752. The molecule has 1 aromatic carbocycles. The molecule has 0 aliphatic heterocycles. The fraction of sp³-hybridized carbons (Fsp3) is 0.462. The molecule has 1 N–H and O–H groups in total. The summed E-state index contributed by atoms with van der Waals surface area (Å²) in [5.74, 6) is -0.0752. The highest BCUT2D eigenvalue weighted by Crippen LogP contribution is 2.20. The maximum absolute atomic E-state index is 12.2. The van der Waals surface area contributed by atoms with Crippen molar-refractivity contribution in [3.8, 4) is 0 Å². The van der Waals surface area contributed by atoms with Gasteiger partial charge in [0.15, 0.2) is 0 Å². The van der Waals surface area contributed by atoms with Crippen molar-refractivity contribution in [1.82, 2.24) is 5.32 Å². The summed E-state index contributed by atoms with van der Waals surface area (Å²) in [6.45, 7) is 5.92. The van der Waals surface area contributed by atoms with E-state index in [4.69, 9.17) is 11.6 Å². The van der Waals surface area contributed by atoms with Gasteiger partial charge in [0.25, 0.3) is 5.91 Å². The lowest BCUT2D eigenvalue weighted by Crippen LogP contribution is -2.47. The highest BCUT2D eigenvalue weighted by molar-refractivity contribution is 9.09. The predicted octanol–water partition coefficient (Wildman–Crippen LogP) is 3.94. The zero-order valence-electron chi connectivity index (χ0n) is 10.3. The molecule has 17 heavy (non-hydrogen) atoms. The molecule has 1 rings (SSSR count). The Morgan fingerprint density at radius 2 is 2.18 bits per heavy atom. The quantitative estimate of drug-likeness (QED) is 0.837. The molecule has 1 atom stereocenters. The molecule has 0 radical (unpaired) electrons. The molecule has 1 amide bonds. The number of amides is 1. The van der Waals surface area contributed by atoms with Gasteiger partial charge in [-0.3, -0.25) is 4.79 Å². The molecule has 0 aromatic heterocycles. The Hall–Kier alpha value is -0.540. The van der Waals surface area contributed by atoms with Crippen LogP contribution in [0, 0.1) is 6.92 Å². The molecule has 0 spiro atoms. The number of hydrogen-bond acceptors (Lipinski definition) is 1. The van der Waals surface area contributed by atoms with Crippen molar-refractivity contribution in [2.24, 2.45) is 0 Å². The van der Waals surface area contributed by atoms with Crippen LogP contribution in [0.3, 0.4) is 0 Å². The first-order valence-electron chi connectivity index (χ1n) is 5.57. The van der Waals surface area contributed by atoms with Gasteiger partial charge >= 0.3 is 0 Å². The molecule has 4 heteroatoms. The van der Waals surface area contributed by atoms with Crippen molar-refractivity contribution in [3.05, 3.63) is 34.3 Å². The standard InChI is InChI=1S/C13H17BrClNO/c1-4-13(3,8-14)16-12(17)10-6-5-7-11(15)9(10)2/h5-7H,4,8H2,1-3H3,(H,16,17). The second kappa shape index (κ2) is 5.87. The zero-order chi connectivity index (χ0) is 13.1. The summed E-state index contributed by atoms with van der Waals surface area (Å²) in [6, 6.07) is 5.37. The van der Waals surface area contributed by atoms with Crippen LogP contribution in [0.2, 0.25) is 5.02 Å². The third-order valence-electron chi connectivity index (χ3n) is 3.00. The van der Waals surface area contributed by atoms with Crippen molar-refractivity contribution in [1.29, 1.82) is 0 Å². The molecule has 1 unspecified atom stereocenters. The van der Waals surface area contributed by atoms with Gasteiger partial charge in [-0.1, -0.05) is 40.5 Å². The monoisotopic (exact) mass is 317 g/mol. The lowest BCUT2D eigenvalue weighted by atomic mass is 10.00. The molecule has 2 nitrogen and oxygen atoms in total. The largest absolute Gasteiger partial charge is 0.346 e. The number of alkyl halides is 1. The van der Waals surface area contributed by atoms with Crippen molar-refractivity contribution < 1.29 is 4.79 Å². The smallest absolute Gasteiger partial charge is 0.252 e. The average molecular weight is 319 g/mol. The third kappa shape index (κ3) is 3.46. The number of rotatable bonds is 4.